The first-order chi connectivity index (χ1) is 15.3. The minimum atomic E-state index is -3.82. The Balaban J connectivity index is 1.75. The van der Waals surface area contributed by atoms with Crippen LogP contribution in [0.5, 0.6) is 0 Å². The van der Waals surface area contributed by atoms with Crippen molar-refractivity contribution < 1.29 is 22.0 Å². The van der Waals surface area contributed by atoms with Crippen LogP contribution in [0.25, 0.3) is 11.0 Å². The van der Waals surface area contributed by atoms with Crippen LogP contribution in [0.4, 0.5) is 20.2 Å². The summed E-state index contributed by atoms with van der Waals surface area (Å²) in [5.41, 5.74) is -0.159. The number of aromatic nitrogens is 2. The Bertz CT molecular complexity index is 1270. The summed E-state index contributed by atoms with van der Waals surface area (Å²) < 4.78 is 56.0. The van der Waals surface area contributed by atoms with Crippen molar-refractivity contribution in [1.82, 2.24) is 9.97 Å². The number of hydrogen-bond donors (Lipinski definition) is 3. The molecular weight excluding hydrogens is 438 g/mol. The third kappa shape index (κ3) is 4.32. The second-order valence-corrected chi connectivity index (χ2v) is 9.79. The van der Waals surface area contributed by atoms with Crippen molar-refractivity contribution in [2.75, 3.05) is 15.8 Å². The lowest BCUT2D eigenvalue weighted by atomic mass is 10.0. The number of ketones is 1. The number of sulfonamides is 1. The molecule has 32 heavy (non-hydrogen) atoms. The quantitative estimate of drug-likeness (QED) is 0.425. The average Bonchev–Trinajstić information content (AvgIpc) is 3.40. The minimum absolute atomic E-state index is 0.0555. The van der Waals surface area contributed by atoms with Gasteiger partial charge >= 0.3 is 0 Å². The van der Waals surface area contributed by atoms with Gasteiger partial charge in [0.15, 0.2) is 5.82 Å². The molecule has 7 nitrogen and oxygen atoms in total. The molecule has 10 heteroatoms. The van der Waals surface area contributed by atoms with Gasteiger partial charge in [0.1, 0.15) is 11.5 Å². The largest absolute Gasteiger partial charge is 0.382 e. The molecule has 0 spiro atoms. The number of hydrogen-bond acceptors (Lipinski definition) is 5. The molecule has 4 rings (SSSR count). The monoisotopic (exact) mass is 462 g/mol. The van der Waals surface area contributed by atoms with Crippen LogP contribution >= 0.6 is 0 Å². The van der Waals surface area contributed by atoms with Crippen LogP contribution in [0.3, 0.4) is 0 Å². The number of fused-ring (bicyclic) bond motifs is 1. The second-order valence-electron chi connectivity index (χ2n) is 7.94. The summed E-state index contributed by atoms with van der Waals surface area (Å²) in [5.74, 6) is -3.45. The number of rotatable bonds is 8. The number of halogens is 2. The number of carbonyl (C=O) groups is 1. The van der Waals surface area contributed by atoms with Gasteiger partial charge in [-0.1, -0.05) is 19.8 Å². The van der Waals surface area contributed by atoms with Crippen molar-refractivity contribution in [1.29, 1.82) is 0 Å². The summed E-state index contributed by atoms with van der Waals surface area (Å²) in [6.07, 6.45) is 7.51. The summed E-state index contributed by atoms with van der Waals surface area (Å²) in [4.78, 5) is 20.4. The lowest BCUT2D eigenvalue weighted by Crippen LogP contribution is -2.19. The molecule has 0 saturated heterocycles. The van der Waals surface area contributed by atoms with E-state index in [9.17, 15) is 17.6 Å². The van der Waals surface area contributed by atoms with E-state index in [1.54, 1.807) is 19.2 Å². The highest BCUT2D eigenvalue weighted by molar-refractivity contribution is 7.92. The van der Waals surface area contributed by atoms with Crippen molar-refractivity contribution in [3.8, 4) is 0 Å². The van der Waals surface area contributed by atoms with E-state index in [1.165, 1.54) is 6.20 Å². The SMILES string of the molecule is CCCS(=O)(=O)Nc1ccc(F)c(C(=O)c2c[nH]c3nccc(NC4CCCC4)c23)c1F. The number of anilines is 2. The first-order valence-electron chi connectivity index (χ1n) is 10.6. The zero-order chi connectivity index (χ0) is 22.9. The highest BCUT2D eigenvalue weighted by Crippen LogP contribution is 2.32. The Kier molecular flexibility index (Phi) is 6.14. The van der Waals surface area contributed by atoms with Gasteiger partial charge in [0.2, 0.25) is 15.8 Å². The maximum atomic E-state index is 15.1. The van der Waals surface area contributed by atoms with Crippen molar-refractivity contribution in [2.45, 2.75) is 45.1 Å². The van der Waals surface area contributed by atoms with Crippen molar-refractivity contribution >= 4 is 38.2 Å². The zero-order valence-corrected chi connectivity index (χ0v) is 18.4. The van der Waals surface area contributed by atoms with E-state index in [-0.39, 0.29) is 17.4 Å². The molecular formula is C22H24F2N4O3S. The molecule has 170 valence electrons. The van der Waals surface area contributed by atoms with Crippen LogP contribution in [0.2, 0.25) is 0 Å². The summed E-state index contributed by atoms with van der Waals surface area (Å²) in [6, 6.07) is 3.83. The predicted octanol–water partition coefficient (Wildman–Crippen LogP) is 4.58. The van der Waals surface area contributed by atoms with Crippen LogP contribution < -0.4 is 10.0 Å². The topological polar surface area (TPSA) is 104 Å². The zero-order valence-electron chi connectivity index (χ0n) is 17.5. The van der Waals surface area contributed by atoms with Gasteiger partial charge < -0.3 is 10.3 Å². The summed E-state index contributed by atoms with van der Waals surface area (Å²) in [5, 5.41) is 3.86. The molecule has 1 saturated carbocycles. The van der Waals surface area contributed by atoms with Crippen LogP contribution in [-0.4, -0.2) is 36.0 Å². The molecule has 0 aliphatic heterocycles. The molecule has 0 atom stereocenters. The molecule has 0 unspecified atom stereocenters. The van der Waals surface area contributed by atoms with E-state index >= 15 is 4.39 Å². The molecule has 3 N–H and O–H groups in total. The first kappa shape index (κ1) is 22.2. The fourth-order valence-corrected chi connectivity index (χ4v) is 5.24. The van der Waals surface area contributed by atoms with E-state index in [0.717, 1.165) is 37.8 Å². The van der Waals surface area contributed by atoms with Crippen LogP contribution in [0.1, 0.15) is 54.9 Å². The maximum Gasteiger partial charge on any atom is 0.232 e. The van der Waals surface area contributed by atoms with Gasteiger partial charge in [-0.25, -0.2) is 22.2 Å². The molecule has 0 bridgehead atoms. The van der Waals surface area contributed by atoms with Crippen LogP contribution in [0, 0.1) is 11.6 Å². The number of carbonyl (C=O) groups excluding carboxylic acids is 1. The average molecular weight is 463 g/mol. The highest BCUT2D eigenvalue weighted by atomic mass is 32.2. The fourth-order valence-electron chi connectivity index (χ4n) is 4.11. The summed E-state index contributed by atoms with van der Waals surface area (Å²) in [6.45, 7) is 1.66. The normalized spacial score (nSPS) is 14.7. The second kappa shape index (κ2) is 8.85. The number of nitrogens with zero attached hydrogens (tertiary/aromatic N) is 1. The Labute approximate surface area is 184 Å². The van der Waals surface area contributed by atoms with Gasteiger partial charge in [-0.15, -0.1) is 0 Å². The highest BCUT2D eigenvalue weighted by Gasteiger charge is 2.27. The number of H-pyrrole nitrogens is 1. The summed E-state index contributed by atoms with van der Waals surface area (Å²) >= 11 is 0. The van der Waals surface area contributed by atoms with Gasteiger partial charge in [-0.2, -0.15) is 0 Å². The Morgan fingerprint density at radius 3 is 2.66 bits per heavy atom. The van der Waals surface area contributed by atoms with Gasteiger partial charge in [-0.3, -0.25) is 9.52 Å². The molecule has 3 aromatic rings. The van der Waals surface area contributed by atoms with E-state index in [0.29, 0.717) is 23.1 Å². The third-order valence-corrected chi connectivity index (χ3v) is 7.07. The number of aromatic amines is 1. The van der Waals surface area contributed by atoms with Crippen molar-refractivity contribution in [2.24, 2.45) is 0 Å². The first-order valence-corrected chi connectivity index (χ1v) is 12.2. The van der Waals surface area contributed by atoms with E-state index in [4.69, 9.17) is 0 Å². The lowest BCUT2D eigenvalue weighted by Gasteiger charge is -2.15. The Morgan fingerprint density at radius 2 is 1.94 bits per heavy atom. The minimum Gasteiger partial charge on any atom is -0.382 e. The molecule has 1 fully saturated rings. The molecule has 1 aliphatic rings. The van der Waals surface area contributed by atoms with E-state index in [2.05, 4.69) is 20.0 Å². The van der Waals surface area contributed by atoms with Crippen molar-refractivity contribution in [3.05, 3.63) is 53.4 Å². The third-order valence-electron chi connectivity index (χ3n) is 5.59. The van der Waals surface area contributed by atoms with E-state index in [1.807, 2.05) is 0 Å². The fraction of sp³-hybridized carbons (Fsp3) is 0.364. The van der Waals surface area contributed by atoms with E-state index < -0.39 is 38.7 Å². The maximum absolute atomic E-state index is 15.1. The standard InChI is InChI=1S/C22H24F2N4O3S/c1-2-11-32(30,31)28-17-8-7-15(23)19(20(17)24)21(29)14-12-26-22-18(14)16(9-10-25-22)27-13-5-3-4-6-13/h7-10,12-13,28H,2-6,11H2,1H3,(H2,25,26,27). The lowest BCUT2D eigenvalue weighted by molar-refractivity contribution is 0.103. The molecule has 0 radical (unpaired) electrons. The number of pyridine rings is 1. The number of benzene rings is 1. The van der Waals surface area contributed by atoms with Gasteiger partial charge in [0.25, 0.3) is 0 Å². The van der Waals surface area contributed by atoms with Crippen molar-refractivity contribution in [3.63, 3.8) is 0 Å². The van der Waals surface area contributed by atoms with Crippen LogP contribution in [-0.2, 0) is 10.0 Å². The van der Waals surface area contributed by atoms with Crippen LogP contribution in [0.15, 0.2) is 30.6 Å². The summed E-state index contributed by atoms with van der Waals surface area (Å²) in [7, 11) is -3.82. The molecule has 0 amide bonds. The Morgan fingerprint density at radius 1 is 1.19 bits per heavy atom. The molecule has 1 aliphatic carbocycles. The smallest absolute Gasteiger partial charge is 0.232 e. The molecule has 2 aromatic heterocycles. The number of nitrogens with one attached hydrogen (secondary N) is 3. The van der Waals surface area contributed by atoms with Gasteiger partial charge in [-0.05, 0) is 37.5 Å². The molecule has 1 aromatic carbocycles. The predicted molar refractivity (Wildman–Crippen MR) is 119 cm³/mol. The van der Waals surface area contributed by atoms with Gasteiger partial charge in [0, 0.05) is 24.1 Å². The van der Waals surface area contributed by atoms with Gasteiger partial charge in [0.05, 0.1) is 28.0 Å². The Hall–Kier alpha value is -3.01. The molecule has 2 heterocycles.